The van der Waals surface area contributed by atoms with E-state index >= 15 is 0 Å². The molecule has 1 aromatic heterocycles. The van der Waals surface area contributed by atoms with Crippen LogP contribution in [0.4, 0.5) is 0 Å². The monoisotopic (exact) mass is 321 g/mol. The first-order valence-corrected chi connectivity index (χ1v) is 8.07. The topological polar surface area (TPSA) is 29.5 Å². The highest BCUT2D eigenvalue weighted by Crippen LogP contribution is 2.23. The Bertz CT molecular complexity index is 614. The van der Waals surface area contributed by atoms with Crippen molar-refractivity contribution in [2.24, 2.45) is 0 Å². The Labute approximate surface area is 133 Å². The van der Waals surface area contributed by atoms with Crippen molar-refractivity contribution >= 4 is 28.8 Å². The van der Waals surface area contributed by atoms with Gasteiger partial charge in [-0.15, -0.1) is 11.3 Å². The molecule has 0 bridgehead atoms. The van der Waals surface area contributed by atoms with Gasteiger partial charge in [0.05, 0.1) is 23.4 Å². The van der Waals surface area contributed by atoms with Gasteiger partial charge in [0, 0.05) is 4.88 Å². The van der Waals surface area contributed by atoms with Crippen LogP contribution in [0.25, 0.3) is 0 Å². The summed E-state index contributed by atoms with van der Waals surface area (Å²) >= 11 is 7.37. The van der Waals surface area contributed by atoms with Crippen molar-refractivity contribution in [3.05, 3.63) is 57.2 Å². The summed E-state index contributed by atoms with van der Waals surface area (Å²) in [5.41, 5.74) is 1.23. The second kappa shape index (κ2) is 6.60. The number of benzene rings is 1. The molecule has 0 unspecified atom stereocenters. The number of thiophene rings is 1. The Morgan fingerprint density at radius 1 is 1.29 bits per heavy atom. The lowest BCUT2D eigenvalue weighted by molar-refractivity contribution is -0.132. The van der Waals surface area contributed by atoms with Crippen LogP contribution >= 0.6 is 22.9 Å². The maximum absolute atomic E-state index is 12.4. The zero-order valence-corrected chi connectivity index (χ0v) is 13.1. The molecular weight excluding hydrogens is 306 g/mol. The van der Waals surface area contributed by atoms with Gasteiger partial charge in [-0.3, -0.25) is 4.79 Å². The van der Waals surface area contributed by atoms with Gasteiger partial charge in [-0.05, 0) is 24.1 Å². The van der Waals surface area contributed by atoms with E-state index in [9.17, 15) is 4.79 Å². The number of amides is 1. The molecule has 2 aromatic rings. The van der Waals surface area contributed by atoms with E-state index in [1.807, 2.05) is 35.2 Å². The molecule has 0 spiro atoms. The number of ether oxygens (including phenoxy) is 1. The van der Waals surface area contributed by atoms with Crippen molar-refractivity contribution in [1.29, 1.82) is 0 Å². The number of hydrogen-bond donors (Lipinski definition) is 0. The zero-order chi connectivity index (χ0) is 14.7. The molecule has 1 atom stereocenters. The van der Waals surface area contributed by atoms with Gasteiger partial charge in [0.1, 0.15) is 6.73 Å². The van der Waals surface area contributed by atoms with E-state index < -0.39 is 0 Å². The van der Waals surface area contributed by atoms with E-state index in [-0.39, 0.29) is 11.9 Å². The van der Waals surface area contributed by atoms with E-state index in [0.29, 0.717) is 19.8 Å². The molecule has 5 heteroatoms. The third kappa shape index (κ3) is 3.64. The molecule has 1 aromatic carbocycles. The third-order valence-corrected chi connectivity index (χ3v) is 4.80. The molecule has 2 heterocycles. The number of nitrogens with zero attached hydrogens (tertiary/aromatic N) is 1. The van der Waals surface area contributed by atoms with Gasteiger partial charge in [0.25, 0.3) is 0 Å². The predicted octanol–water partition coefficient (Wildman–Crippen LogP) is 3.37. The van der Waals surface area contributed by atoms with Crippen LogP contribution in [0.1, 0.15) is 10.4 Å². The third-order valence-electron chi connectivity index (χ3n) is 3.57. The van der Waals surface area contributed by atoms with Crippen molar-refractivity contribution in [1.82, 2.24) is 4.90 Å². The highest BCUT2D eigenvalue weighted by molar-refractivity contribution is 7.16. The van der Waals surface area contributed by atoms with Gasteiger partial charge in [-0.2, -0.15) is 0 Å². The molecule has 1 fully saturated rings. The second-order valence-corrected chi connectivity index (χ2v) is 6.89. The van der Waals surface area contributed by atoms with E-state index in [1.54, 1.807) is 0 Å². The maximum Gasteiger partial charge on any atom is 0.229 e. The zero-order valence-electron chi connectivity index (χ0n) is 11.5. The van der Waals surface area contributed by atoms with Crippen molar-refractivity contribution in [3.8, 4) is 0 Å². The minimum absolute atomic E-state index is 0.104. The summed E-state index contributed by atoms with van der Waals surface area (Å²) in [7, 11) is 0. The van der Waals surface area contributed by atoms with Crippen molar-refractivity contribution in [2.45, 2.75) is 18.9 Å². The minimum Gasteiger partial charge on any atom is -0.359 e. The smallest absolute Gasteiger partial charge is 0.229 e. The van der Waals surface area contributed by atoms with Crippen molar-refractivity contribution < 1.29 is 9.53 Å². The number of hydrogen-bond acceptors (Lipinski definition) is 3. The van der Waals surface area contributed by atoms with Gasteiger partial charge < -0.3 is 9.64 Å². The van der Waals surface area contributed by atoms with Crippen LogP contribution < -0.4 is 0 Å². The van der Waals surface area contributed by atoms with Crippen LogP contribution in [0.5, 0.6) is 0 Å². The standard InChI is InChI=1S/C16H16ClNO2S/c17-15-7-6-14(21-15)9-16(19)18-11-20-10-13(18)8-12-4-2-1-3-5-12/h1-7,13H,8-11H2/t13-/m1/s1. The highest BCUT2D eigenvalue weighted by Gasteiger charge is 2.29. The summed E-state index contributed by atoms with van der Waals surface area (Å²) in [4.78, 5) is 15.3. The van der Waals surface area contributed by atoms with E-state index in [2.05, 4.69) is 12.1 Å². The molecule has 110 valence electrons. The Balaban J connectivity index is 1.64. The summed E-state index contributed by atoms with van der Waals surface area (Å²) in [6.07, 6.45) is 1.23. The normalized spacial score (nSPS) is 18.1. The van der Waals surface area contributed by atoms with Gasteiger partial charge in [0.2, 0.25) is 5.91 Å². The van der Waals surface area contributed by atoms with Gasteiger partial charge in [-0.1, -0.05) is 41.9 Å². The van der Waals surface area contributed by atoms with Crippen LogP contribution in [0.2, 0.25) is 4.34 Å². The van der Waals surface area contributed by atoms with E-state index in [1.165, 1.54) is 16.9 Å². The fourth-order valence-electron chi connectivity index (χ4n) is 2.51. The molecule has 0 N–H and O–H groups in total. The molecule has 0 saturated carbocycles. The Hall–Kier alpha value is -1.36. The number of carbonyl (C=O) groups is 1. The quantitative estimate of drug-likeness (QED) is 0.864. The molecule has 1 saturated heterocycles. The Morgan fingerprint density at radius 3 is 2.81 bits per heavy atom. The number of halogens is 1. The summed E-state index contributed by atoms with van der Waals surface area (Å²) < 4.78 is 6.21. The number of carbonyl (C=O) groups excluding carboxylic acids is 1. The molecule has 3 rings (SSSR count). The summed E-state index contributed by atoms with van der Waals surface area (Å²) in [6.45, 7) is 0.987. The molecule has 1 aliphatic rings. The first-order valence-electron chi connectivity index (χ1n) is 6.88. The van der Waals surface area contributed by atoms with Crippen molar-refractivity contribution in [3.63, 3.8) is 0 Å². The lowest BCUT2D eigenvalue weighted by Gasteiger charge is -2.22. The number of rotatable bonds is 4. The molecule has 1 amide bonds. The minimum atomic E-state index is 0.104. The Morgan fingerprint density at radius 2 is 2.10 bits per heavy atom. The van der Waals surface area contributed by atoms with Crippen LogP contribution in [0.3, 0.4) is 0 Å². The largest absolute Gasteiger partial charge is 0.359 e. The van der Waals surface area contributed by atoms with Crippen LogP contribution in [0, 0.1) is 0 Å². The van der Waals surface area contributed by atoms with E-state index in [0.717, 1.165) is 15.6 Å². The first-order chi connectivity index (χ1) is 10.2. The van der Waals surface area contributed by atoms with E-state index in [4.69, 9.17) is 16.3 Å². The predicted molar refractivity (Wildman–Crippen MR) is 84.6 cm³/mol. The Kier molecular flexibility index (Phi) is 4.58. The van der Waals surface area contributed by atoms with Crippen molar-refractivity contribution in [2.75, 3.05) is 13.3 Å². The van der Waals surface area contributed by atoms with Crippen LogP contribution in [-0.4, -0.2) is 30.2 Å². The SMILES string of the molecule is O=C(Cc1ccc(Cl)s1)N1COC[C@H]1Cc1ccccc1. The average Bonchev–Trinajstić information content (AvgIpc) is 3.09. The summed E-state index contributed by atoms with van der Waals surface area (Å²) in [5, 5.41) is 0. The van der Waals surface area contributed by atoms with Gasteiger partial charge in [-0.25, -0.2) is 0 Å². The first kappa shape index (κ1) is 14.6. The van der Waals surface area contributed by atoms with Gasteiger partial charge in [0.15, 0.2) is 0 Å². The molecule has 3 nitrogen and oxygen atoms in total. The maximum atomic E-state index is 12.4. The second-order valence-electron chi connectivity index (χ2n) is 5.09. The lowest BCUT2D eigenvalue weighted by atomic mass is 10.1. The van der Waals surface area contributed by atoms with Crippen LogP contribution in [-0.2, 0) is 22.4 Å². The highest BCUT2D eigenvalue weighted by atomic mass is 35.5. The fourth-order valence-corrected chi connectivity index (χ4v) is 3.59. The van der Waals surface area contributed by atoms with Crippen LogP contribution in [0.15, 0.2) is 42.5 Å². The summed E-state index contributed by atoms with van der Waals surface area (Å²) in [5.74, 6) is 0.104. The fraction of sp³-hybridized carbons (Fsp3) is 0.312. The molecular formula is C16H16ClNO2S. The van der Waals surface area contributed by atoms with Gasteiger partial charge >= 0.3 is 0 Å². The molecule has 1 aliphatic heterocycles. The lowest BCUT2D eigenvalue weighted by Crippen LogP contribution is -2.38. The molecule has 0 radical (unpaired) electrons. The average molecular weight is 322 g/mol. The summed E-state index contributed by atoms with van der Waals surface area (Å²) in [6, 6.07) is 14.1. The molecule has 0 aliphatic carbocycles. The molecule has 21 heavy (non-hydrogen) atoms.